The SMILES string of the molecule is COCc1ccc(C(=O)N2CCC[C@H](O)[C@@H]2Cc2ccccc2)cc1. The number of benzene rings is 2. The zero-order valence-electron chi connectivity index (χ0n) is 14.6. The molecule has 25 heavy (non-hydrogen) atoms. The van der Waals surface area contributed by atoms with Crippen LogP contribution in [0, 0.1) is 0 Å². The van der Waals surface area contributed by atoms with E-state index < -0.39 is 6.10 Å². The Morgan fingerprint density at radius 3 is 2.52 bits per heavy atom. The van der Waals surface area contributed by atoms with E-state index in [1.165, 1.54) is 0 Å². The second-order valence-electron chi connectivity index (χ2n) is 6.60. The number of ether oxygens (including phenoxy) is 1. The lowest BCUT2D eigenvalue weighted by atomic mass is 9.92. The summed E-state index contributed by atoms with van der Waals surface area (Å²) in [6.07, 6.45) is 1.77. The molecule has 0 bridgehead atoms. The fourth-order valence-corrected chi connectivity index (χ4v) is 3.47. The van der Waals surface area contributed by atoms with Crippen molar-refractivity contribution in [2.75, 3.05) is 13.7 Å². The fourth-order valence-electron chi connectivity index (χ4n) is 3.47. The number of hydrogen-bond donors (Lipinski definition) is 1. The molecule has 4 nitrogen and oxygen atoms in total. The highest BCUT2D eigenvalue weighted by molar-refractivity contribution is 5.94. The standard InChI is InChI=1S/C21H25NO3/c1-25-15-17-9-11-18(12-10-17)21(24)22-13-5-8-20(23)19(22)14-16-6-3-2-4-7-16/h2-4,6-7,9-12,19-20,23H,5,8,13-15H2,1H3/t19-,20-/m0/s1. The van der Waals surface area contributed by atoms with Gasteiger partial charge < -0.3 is 14.7 Å². The molecule has 0 unspecified atom stereocenters. The van der Waals surface area contributed by atoms with Gasteiger partial charge in [-0.05, 0) is 42.5 Å². The first kappa shape index (κ1) is 17.6. The van der Waals surface area contributed by atoms with Gasteiger partial charge in [-0.1, -0.05) is 42.5 Å². The number of carbonyl (C=O) groups excluding carboxylic acids is 1. The number of likely N-dealkylation sites (tertiary alicyclic amines) is 1. The number of carbonyl (C=O) groups is 1. The van der Waals surface area contributed by atoms with E-state index in [0.29, 0.717) is 25.1 Å². The van der Waals surface area contributed by atoms with Gasteiger partial charge in [0.15, 0.2) is 0 Å². The lowest BCUT2D eigenvalue weighted by Gasteiger charge is -2.39. The van der Waals surface area contributed by atoms with Crippen LogP contribution in [0.4, 0.5) is 0 Å². The first-order valence-electron chi connectivity index (χ1n) is 8.80. The molecule has 0 saturated carbocycles. The lowest BCUT2D eigenvalue weighted by Crippen LogP contribution is -2.52. The zero-order valence-corrected chi connectivity index (χ0v) is 14.6. The second-order valence-corrected chi connectivity index (χ2v) is 6.60. The summed E-state index contributed by atoms with van der Waals surface area (Å²) in [6.45, 7) is 1.22. The monoisotopic (exact) mass is 339 g/mol. The molecular weight excluding hydrogens is 314 g/mol. The smallest absolute Gasteiger partial charge is 0.254 e. The molecule has 0 radical (unpaired) electrons. The van der Waals surface area contributed by atoms with Crippen molar-refractivity contribution in [1.29, 1.82) is 0 Å². The van der Waals surface area contributed by atoms with Crippen LogP contribution in [0.25, 0.3) is 0 Å². The Morgan fingerprint density at radius 1 is 1.12 bits per heavy atom. The first-order chi connectivity index (χ1) is 12.2. The van der Waals surface area contributed by atoms with Gasteiger partial charge >= 0.3 is 0 Å². The Morgan fingerprint density at radius 2 is 1.84 bits per heavy atom. The number of methoxy groups -OCH3 is 1. The van der Waals surface area contributed by atoms with Crippen molar-refractivity contribution in [3.63, 3.8) is 0 Å². The van der Waals surface area contributed by atoms with Crippen LogP contribution in [0.5, 0.6) is 0 Å². The molecule has 0 aliphatic carbocycles. The summed E-state index contributed by atoms with van der Waals surface area (Å²) in [7, 11) is 1.66. The van der Waals surface area contributed by atoms with E-state index in [0.717, 1.165) is 24.0 Å². The third-order valence-corrected chi connectivity index (χ3v) is 4.80. The Labute approximate surface area is 149 Å². The summed E-state index contributed by atoms with van der Waals surface area (Å²) in [6, 6.07) is 17.4. The van der Waals surface area contributed by atoms with Gasteiger partial charge in [0.05, 0.1) is 18.8 Å². The lowest BCUT2D eigenvalue weighted by molar-refractivity contribution is 0.0118. The predicted octanol–water partition coefficient (Wildman–Crippen LogP) is 3.04. The highest BCUT2D eigenvalue weighted by Gasteiger charge is 2.33. The first-order valence-corrected chi connectivity index (χ1v) is 8.80. The molecule has 132 valence electrons. The van der Waals surface area contributed by atoms with Crippen molar-refractivity contribution in [2.45, 2.75) is 38.0 Å². The fraction of sp³-hybridized carbons (Fsp3) is 0.381. The van der Waals surface area contributed by atoms with Crippen LogP contribution >= 0.6 is 0 Å². The summed E-state index contributed by atoms with van der Waals surface area (Å²) in [4.78, 5) is 14.8. The van der Waals surface area contributed by atoms with Gasteiger partial charge in [0.25, 0.3) is 5.91 Å². The molecule has 3 rings (SSSR count). The summed E-state index contributed by atoms with van der Waals surface area (Å²) < 4.78 is 5.11. The Hall–Kier alpha value is -2.17. The van der Waals surface area contributed by atoms with Crippen LogP contribution < -0.4 is 0 Å². The van der Waals surface area contributed by atoms with Crippen molar-refractivity contribution in [3.8, 4) is 0 Å². The van der Waals surface area contributed by atoms with Gasteiger partial charge in [-0.3, -0.25) is 4.79 Å². The topological polar surface area (TPSA) is 49.8 Å². The van der Waals surface area contributed by atoms with E-state index in [4.69, 9.17) is 4.74 Å². The Bertz CT molecular complexity index is 684. The Balaban J connectivity index is 1.78. The molecule has 1 aliphatic rings. The Kier molecular flexibility index (Phi) is 5.84. The maximum absolute atomic E-state index is 13.0. The molecule has 2 aromatic carbocycles. The summed E-state index contributed by atoms with van der Waals surface area (Å²) >= 11 is 0. The maximum atomic E-state index is 13.0. The van der Waals surface area contributed by atoms with Crippen LogP contribution in [0.15, 0.2) is 54.6 Å². The van der Waals surface area contributed by atoms with Crippen molar-refractivity contribution in [3.05, 3.63) is 71.3 Å². The molecule has 1 saturated heterocycles. The highest BCUT2D eigenvalue weighted by atomic mass is 16.5. The minimum atomic E-state index is -0.481. The van der Waals surface area contributed by atoms with Crippen molar-refractivity contribution >= 4 is 5.91 Å². The summed E-state index contributed by atoms with van der Waals surface area (Å²) in [5, 5.41) is 10.5. The average Bonchev–Trinajstić information content (AvgIpc) is 2.65. The molecule has 0 spiro atoms. The maximum Gasteiger partial charge on any atom is 0.254 e. The summed E-state index contributed by atoms with van der Waals surface area (Å²) in [5.41, 5.74) is 2.84. The minimum absolute atomic E-state index is 0.0105. The predicted molar refractivity (Wildman–Crippen MR) is 97.4 cm³/mol. The second kappa shape index (κ2) is 8.28. The van der Waals surface area contributed by atoms with Crippen molar-refractivity contribution < 1.29 is 14.6 Å². The van der Waals surface area contributed by atoms with Gasteiger partial charge in [-0.15, -0.1) is 0 Å². The van der Waals surface area contributed by atoms with Gasteiger partial charge in [0.1, 0.15) is 0 Å². The molecule has 1 fully saturated rings. The minimum Gasteiger partial charge on any atom is -0.391 e. The number of aliphatic hydroxyl groups is 1. The van der Waals surface area contributed by atoms with Crippen LogP contribution in [0.2, 0.25) is 0 Å². The largest absolute Gasteiger partial charge is 0.391 e. The van der Waals surface area contributed by atoms with E-state index >= 15 is 0 Å². The van der Waals surface area contributed by atoms with Crippen molar-refractivity contribution in [2.24, 2.45) is 0 Å². The van der Waals surface area contributed by atoms with E-state index in [9.17, 15) is 9.90 Å². The van der Waals surface area contributed by atoms with Crippen LogP contribution in [-0.2, 0) is 17.8 Å². The third kappa shape index (κ3) is 4.27. The molecule has 1 N–H and O–H groups in total. The van der Waals surface area contributed by atoms with Gasteiger partial charge in [-0.2, -0.15) is 0 Å². The van der Waals surface area contributed by atoms with E-state index in [2.05, 4.69) is 0 Å². The van der Waals surface area contributed by atoms with Crippen LogP contribution in [0.3, 0.4) is 0 Å². The zero-order chi connectivity index (χ0) is 17.6. The number of piperidine rings is 1. The van der Waals surface area contributed by atoms with E-state index in [-0.39, 0.29) is 11.9 Å². The van der Waals surface area contributed by atoms with E-state index in [1.54, 1.807) is 7.11 Å². The molecular formula is C21H25NO3. The van der Waals surface area contributed by atoms with E-state index in [1.807, 2.05) is 59.5 Å². The molecule has 1 amide bonds. The molecule has 2 atom stereocenters. The number of nitrogens with zero attached hydrogens (tertiary/aromatic N) is 1. The molecule has 2 aromatic rings. The molecule has 0 aromatic heterocycles. The highest BCUT2D eigenvalue weighted by Crippen LogP contribution is 2.23. The average molecular weight is 339 g/mol. The third-order valence-electron chi connectivity index (χ3n) is 4.80. The summed E-state index contributed by atoms with van der Waals surface area (Å²) in [5.74, 6) is -0.0105. The van der Waals surface area contributed by atoms with Crippen LogP contribution in [0.1, 0.15) is 34.3 Å². The van der Waals surface area contributed by atoms with Gasteiger partial charge in [0.2, 0.25) is 0 Å². The molecule has 1 aliphatic heterocycles. The molecule has 1 heterocycles. The number of amides is 1. The van der Waals surface area contributed by atoms with Gasteiger partial charge in [0, 0.05) is 19.2 Å². The number of hydrogen-bond acceptors (Lipinski definition) is 3. The molecule has 4 heteroatoms. The van der Waals surface area contributed by atoms with Crippen molar-refractivity contribution in [1.82, 2.24) is 4.90 Å². The number of aliphatic hydroxyl groups excluding tert-OH is 1. The normalized spacial score (nSPS) is 20.5. The quantitative estimate of drug-likeness (QED) is 0.911. The number of rotatable bonds is 5. The van der Waals surface area contributed by atoms with Gasteiger partial charge in [-0.25, -0.2) is 0 Å². The van der Waals surface area contributed by atoms with Crippen LogP contribution in [-0.4, -0.2) is 41.7 Å².